The number of hydrogen-bond acceptors (Lipinski definition) is 8. The second kappa shape index (κ2) is 10.6. The van der Waals surface area contributed by atoms with Crippen LogP contribution in [0.25, 0.3) is 0 Å². The van der Waals surface area contributed by atoms with Gasteiger partial charge in [0.25, 0.3) is 0 Å². The number of nitrogens with zero attached hydrogens (tertiary/aromatic N) is 2. The molecule has 0 bridgehead atoms. The van der Waals surface area contributed by atoms with Gasteiger partial charge in [-0.3, -0.25) is 9.80 Å². The first-order valence-corrected chi connectivity index (χ1v) is 13.5. The third-order valence-electron chi connectivity index (χ3n) is 7.73. The zero-order chi connectivity index (χ0) is 27.8. The molecule has 3 atom stereocenters. The summed E-state index contributed by atoms with van der Waals surface area (Å²) in [6.07, 6.45) is 1.04. The Kier molecular flexibility index (Phi) is 8.44. The lowest BCUT2D eigenvalue weighted by Crippen LogP contribution is -2.55. The molecule has 0 spiro atoms. The molecule has 0 aromatic rings. The number of rotatable bonds is 6. The predicted molar refractivity (Wildman–Crippen MR) is 136 cm³/mol. The number of carbonyl (C=O) groups excluding carboxylic acids is 3. The summed E-state index contributed by atoms with van der Waals surface area (Å²) in [6.45, 7) is 17.7. The Morgan fingerprint density at radius 1 is 0.811 bits per heavy atom. The van der Waals surface area contributed by atoms with E-state index in [4.69, 9.17) is 23.7 Å². The van der Waals surface area contributed by atoms with Crippen LogP contribution in [0, 0.1) is 11.8 Å². The van der Waals surface area contributed by atoms with Crippen LogP contribution in [-0.4, -0.2) is 83.0 Å². The topological polar surface area (TPSA) is 104 Å². The van der Waals surface area contributed by atoms with Crippen molar-refractivity contribution in [2.45, 2.75) is 117 Å². The van der Waals surface area contributed by atoms with Crippen molar-refractivity contribution in [2.24, 2.45) is 11.8 Å². The van der Waals surface area contributed by atoms with Crippen LogP contribution in [0.4, 0.5) is 9.59 Å². The fraction of sp³-hybridized carbons (Fsp3) is 0.889. The van der Waals surface area contributed by atoms with Crippen molar-refractivity contribution in [3.8, 4) is 0 Å². The molecule has 3 rings (SSSR count). The second-order valence-corrected chi connectivity index (χ2v) is 12.6. The van der Waals surface area contributed by atoms with Crippen LogP contribution < -0.4 is 0 Å². The van der Waals surface area contributed by atoms with Crippen LogP contribution in [0.5, 0.6) is 0 Å². The van der Waals surface area contributed by atoms with Gasteiger partial charge in [0.05, 0.1) is 37.5 Å². The van der Waals surface area contributed by atoms with Crippen LogP contribution in [0.15, 0.2) is 0 Å². The Morgan fingerprint density at radius 2 is 1.32 bits per heavy atom. The predicted octanol–water partition coefficient (Wildman–Crippen LogP) is 4.69. The average molecular weight is 527 g/mol. The molecule has 3 fully saturated rings. The average Bonchev–Trinajstić information content (AvgIpc) is 3.15. The maximum absolute atomic E-state index is 13.4. The van der Waals surface area contributed by atoms with Crippen LogP contribution in [0.2, 0.25) is 0 Å². The third-order valence-corrected chi connectivity index (χ3v) is 7.73. The molecule has 0 unspecified atom stereocenters. The largest absolute Gasteiger partial charge is 0.463 e. The third kappa shape index (κ3) is 6.16. The first-order valence-electron chi connectivity index (χ1n) is 13.5. The summed E-state index contributed by atoms with van der Waals surface area (Å²) in [5.74, 6) is -1.08. The quantitative estimate of drug-likeness (QED) is 0.363. The summed E-state index contributed by atoms with van der Waals surface area (Å²) in [7, 11) is 0. The molecule has 1 aliphatic carbocycles. The molecule has 0 N–H and O–H groups in total. The standard InChI is InChI=1S/C27H46N2O8/c1-10-33-21(30)20(37-23(32)29-25(4,5)17-36-27(29,8)9)19-14-12-11-13-18(19)15-34-22(31)28-24(2,3)16-35-26(28,6)7/h18-20H,10-17H2,1-9H3/t18-,19-,20+/m1/s1. The van der Waals surface area contributed by atoms with Gasteiger partial charge in [0.15, 0.2) is 0 Å². The monoisotopic (exact) mass is 526 g/mol. The van der Waals surface area contributed by atoms with Gasteiger partial charge in [-0.05, 0) is 75.2 Å². The van der Waals surface area contributed by atoms with E-state index in [2.05, 4.69) is 0 Å². The van der Waals surface area contributed by atoms with E-state index in [1.54, 1.807) is 30.6 Å². The number of hydrogen-bond donors (Lipinski definition) is 0. The van der Waals surface area contributed by atoms with Gasteiger partial charge in [0.1, 0.15) is 11.4 Å². The second-order valence-electron chi connectivity index (χ2n) is 12.6. The number of carbonyl (C=O) groups is 3. The normalized spacial score (nSPS) is 28.5. The van der Waals surface area contributed by atoms with Crippen LogP contribution in [0.1, 0.15) is 88.0 Å². The Labute approximate surface area is 221 Å². The Balaban J connectivity index is 1.78. The van der Waals surface area contributed by atoms with Gasteiger partial charge in [-0.1, -0.05) is 12.8 Å². The van der Waals surface area contributed by atoms with E-state index in [0.717, 1.165) is 19.3 Å². The Bertz CT molecular complexity index is 836. The van der Waals surface area contributed by atoms with Gasteiger partial charge >= 0.3 is 18.2 Å². The zero-order valence-electron chi connectivity index (χ0n) is 24.0. The number of esters is 1. The van der Waals surface area contributed by atoms with Gasteiger partial charge in [-0.2, -0.15) is 0 Å². The molecule has 212 valence electrons. The summed E-state index contributed by atoms with van der Waals surface area (Å²) >= 11 is 0. The van der Waals surface area contributed by atoms with Crippen LogP contribution in [-0.2, 0) is 28.5 Å². The molecule has 0 aromatic heterocycles. The lowest BCUT2D eigenvalue weighted by Gasteiger charge is -2.40. The highest BCUT2D eigenvalue weighted by Gasteiger charge is 2.52. The SMILES string of the molecule is CCOC(=O)[C@@H](OC(=O)N1C(C)(C)COC1(C)C)[C@@H]1CCCC[C@@H]1COC(=O)N1C(C)(C)COC1(C)C. The highest BCUT2D eigenvalue weighted by atomic mass is 16.6. The molecule has 37 heavy (non-hydrogen) atoms. The molecule has 0 radical (unpaired) electrons. The van der Waals surface area contributed by atoms with Crippen molar-refractivity contribution in [1.82, 2.24) is 9.80 Å². The molecule has 2 saturated heterocycles. The van der Waals surface area contributed by atoms with Crippen molar-refractivity contribution in [1.29, 1.82) is 0 Å². The van der Waals surface area contributed by atoms with Crippen molar-refractivity contribution in [3.05, 3.63) is 0 Å². The zero-order valence-corrected chi connectivity index (χ0v) is 24.0. The summed E-state index contributed by atoms with van der Waals surface area (Å²) < 4.78 is 28.7. The molecule has 10 heteroatoms. The van der Waals surface area contributed by atoms with Crippen molar-refractivity contribution in [3.63, 3.8) is 0 Å². The van der Waals surface area contributed by atoms with E-state index in [0.29, 0.717) is 19.6 Å². The summed E-state index contributed by atoms with van der Waals surface area (Å²) in [4.78, 5) is 42.9. The number of amides is 2. The number of ether oxygens (including phenoxy) is 5. The van der Waals surface area contributed by atoms with Gasteiger partial charge in [-0.25, -0.2) is 14.4 Å². The first-order chi connectivity index (χ1) is 17.0. The minimum atomic E-state index is -1.10. The molecule has 2 amide bonds. The fourth-order valence-electron chi connectivity index (χ4n) is 6.14. The van der Waals surface area contributed by atoms with E-state index in [-0.39, 0.29) is 25.0 Å². The Hall–Kier alpha value is -2.07. The highest BCUT2D eigenvalue weighted by Crippen LogP contribution is 2.39. The fourth-order valence-corrected chi connectivity index (χ4v) is 6.14. The molecule has 3 aliphatic rings. The van der Waals surface area contributed by atoms with E-state index in [1.807, 2.05) is 41.5 Å². The highest BCUT2D eigenvalue weighted by molar-refractivity contribution is 5.80. The molecule has 2 heterocycles. The minimum Gasteiger partial charge on any atom is -0.463 e. The van der Waals surface area contributed by atoms with Crippen LogP contribution >= 0.6 is 0 Å². The maximum atomic E-state index is 13.4. The van der Waals surface area contributed by atoms with Crippen molar-refractivity contribution < 1.29 is 38.1 Å². The van der Waals surface area contributed by atoms with Gasteiger partial charge < -0.3 is 23.7 Å². The molecule has 0 aromatic carbocycles. The lowest BCUT2D eigenvalue weighted by molar-refractivity contribution is -0.161. The molecule has 2 aliphatic heterocycles. The minimum absolute atomic E-state index is 0.115. The molecule has 10 nitrogen and oxygen atoms in total. The van der Waals surface area contributed by atoms with E-state index < -0.39 is 46.8 Å². The Morgan fingerprint density at radius 3 is 1.81 bits per heavy atom. The molecular formula is C27H46N2O8. The maximum Gasteiger partial charge on any atom is 0.413 e. The summed E-state index contributed by atoms with van der Waals surface area (Å²) in [5.41, 5.74) is -2.77. The van der Waals surface area contributed by atoms with Crippen molar-refractivity contribution in [2.75, 3.05) is 26.4 Å². The summed E-state index contributed by atoms with van der Waals surface area (Å²) in [5, 5.41) is 0. The lowest BCUT2D eigenvalue weighted by atomic mass is 9.76. The van der Waals surface area contributed by atoms with E-state index in [9.17, 15) is 14.4 Å². The van der Waals surface area contributed by atoms with Crippen LogP contribution in [0.3, 0.4) is 0 Å². The molecule has 1 saturated carbocycles. The van der Waals surface area contributed by atoms with Gasteiger partial charge in [0.2, 0.25) is 6.10 Å². The van der Waals surface area contributed by atoms with E-state index >= 15 is 0 Å². The van der Waals surface area contributed by atoms with Gasteiger partial charge in [-0.15, -0.1) is 0 Å². The smallest absolute Gasteiger partial charge is 0.413 e. The van der Waals surface area contributed by atoms with Gasteiger partial charge in [0, 0.05) is 11.8 Å². The summed E-state index contributed by atoms with van der Waals surface area (Å²) in [6, 6.07) is 0. The van der Waals surface area contributed by atoms with Crippen molar-refractivity contribution >= 4 is 18.2 Å². The van der Waals surface area contributed by atoms with E-state index in [1.165, 1.54) is 0 Å². The first kappa shape index (κ1) is 29.5. The molecular weight excluding hydrogens is 480 g/mol.